The van der Waals surface area contributed by atoms with Gasteiger partial charge in [-0.25, -0.2) is 4.79 Å². The molecule has 0 spiro atoms. The van der Waals surface area contributed by atoms with E-state index in [0.29, 0.717) is 12.8 Å². The molecule has 5 heteroatoms. The van der Waals surface area contributed by atoms with Crippen LogP contribution in [0.4, 0.5) is 0 Å². The van der Waals surface area contributed by atoms with E-state index < -0.39 is 0 Å². The van der Waals surface area contributed by atoms with E-state index in [-0.39, 0.29) is 25.2 Å². The number of rotatable bonds is 24. The molecule has 0 fully saturated rings. The Morgan fingerprint density at radius 2 is 0.871 bits per heavy atom. The van der Waals surface area contributed by atoms with Gasteiger partial charge in [-0.2, -0.15) is 4.89 Å². The quantitative estimate of drug-likeness (QED) is 0.0659. The van der Waals surface area contributed by atoms with Gasteiger partial charge in [-0.15, -0.1) is 0 Å². The second kappa shape index (κ2) is 25.2. The van der Waals surface area contributed by atoms with Crippen LogP contribution in [0.5, 0.6) is 0 Å². The van der Waals surface area contributed by atoms with Crippen LogP contribution in [0.3, 0.4) is 0 Å². The first kappa shape index (κ1) is 29.9. The lowest BCUT2D eigenvalue weighted by Crippen LogP contribution is -2.13. The van der Waals surface area contributed by atoms with Gasteiger partial charge in [-0.1, -0.05) is 117 Å². The van der Waals surface area contributed by atoms with E-state index in [2.05, 4.69) is 13.8 Å². The zero-order valence-corrected chi connectivity index (χ0v) is 20.6. The van der Waals surface area contributed by atoms with E-state index in [1.54, 1.807) is 0 Å². The van der Waals surface area contributed by atoms with Gasteiger partial charge in [0.2, 0.25) is 0 Å². The van der Waals surface area contributed by atoms with Crippen molar-refractivity contribution in [3.8, 4) is 0 Å². The summed E-state index contributed by atoms with van der Waals surface area (Å²) in [6.45, 7) is 4.68. The molecule has 0 amide bonds. The number of esters is 1. The maximum atomic E-state index is 11.7. The topological polar surface area (TPSA) is 61.8 Å². The number of hydrogen-bond acceptors (Lipinski definition) is 5. The van der Waals surface area contributed by atoms with Gasteiger partial charge in [0.25, 0.3) is 0 Å². The summed E-state index contributed by atoms with van der Waals surface area (Å²) >= 11 is 0. The molecule has 0 heterocycles. The highest BCUT2D eigenvalue weighted by Crippen LogP contribution is 2.12. The van der Waals surface area contributed by atoms with Crippen LogP contribution in [0, 0.1) is 0 Å². The molecule has 0 aromatic rings. The maximum absolute atomic E-state index is 11.7. The van der Waals surface area contributed by atoms with Gasteiger partial charge in [-0.3, -0.25) is 9.68 Å². The molecule has 0 aliphatic carbocycles. The van der Waals surface area contributed by atoms with Gasteiger partial charge in [-0.05, 0) is 12.8 Å². The highest BCUT2D eigenvalue weighted by atomic mass is 17.2. The lowest BCUT2D eigenvalue weighted by Gasteiger charge is -2.06. The molecule has 0 saturated carbocycles. The van der Waals surface area contributed by atoms with Crippen LogP contribution in [-0.4, -0.2) is 25.2 Å². The molecule has 5 nitrogen and oxygen atoms in total. The van der Waals surface area contributed by atoms with Crippen molar-refractivity contribution in [3.63, 3.8) is 0 Å². The monoisotopic (exact) mass is 442 g/mol. The fraction of sp³-hybridized carbons (Fsp3) is 0.923. The Balaban J connectivity index is 3.28. The second-order valence-electron chi connectivity index (χ2n) is 8.65. The molecule has 31 heavy (non-hydrogen) atoms. The van der Waals surface area contributed by atoms with E-state index >= 15 is 0 Å². The number of unbranched alkanes of at least 4 members (excludes halogenated alkanes) is 16. The Morgan fingerprint density at radius 3 is 1.32 bits per heavy atom. The summed E-state index contributed by atoms with van der Waals surface area (Å²) in [7, 11) is 0. The highest BCUT2D eigenvalue weighted by Gasteiger charge is 2.06. The SMILES string of the molecule is CCCCCCCCCCCC(=O)OCCOOC(=O)CCCCCCCCCCC. The first-order chi connectivity index (χ1) is 15.2. The summed E-state index contributed by atoms with van der Waals surface area (Å²) in [4.78, 5) is 32.8. The van der Waals surface area contributed by atoms with Crippen molar-refractivity contribution in [2.75, 3.05) is 13.2 Å². The predicted octanol–water partition coefficient (Wildman–Crippen LogP) is 7.85. The zero-order chi connectivity index (χ0) is 22.8. The van der Waals surface area contributed by atoms with Gasteiger partial charge in [0.15, 0.2) is 0 Å². The van der Waals surface area contributed by atoms with Crippen molar-refractivity contribution in [1.29, 1.82) is 0 Å². The lowest BCUT2D eigenvalue weighted by molar-refractivity contribution is -0.275. The van der Waals surface area contributed by atoms with Gasteiger partial charge in [0, 0.05) is 12.8 Å². The largest absolute Gasteiger partial charge is 0.463 e. The minimum absolute atomic E-state index is 0.0903. The van der Waals surface area contributed by atoms with Crippen molar-refractivity contribution in [3.05, 3.63) is 0 Å². The van der Waals surface area contributed by atoms with Gasteiger partial charge in [0.05, 0.1) is 0 Å². The summed E-state index contributed by atoms with van der Waals surface area (Å²) < 4.78 is 5.10. The average molecular weight is 443 g/mol. The number of ether oxygens (including phenoxy) is 1. The highest BCUT2D eigenvalue weighted by molar-refractivity contribution is 5.69. The number of hydrogen-bond donors (Lipinski definition) is 0. The first-order valence-corrected chi connectivity index (χ1v) is 13.2. The molecule has 0 aliphatic heterocycles. The predicted molar refractivity (Wildman–Crippen MR) is 127 cm³/mol. The van der Waals surface area contributed by atoms with Gasteiger partial charge >= 0.3 is 11.9 Å². The van der Waals surface area contributed by atoms with Crippen LogP contribution in [0.1, 0.15) is 142 Å². The first-order valence-electron chi connectivity index (χ1n) is 13.2. The van der Waals surface area contributed by atoms with Crippen molar-refractivity contribution < 1.29 is 24.1 Å². The van der Waals surface area contributed by atoms with E-state index in [1.165, 1.54) is 89.9 Å². The van der Waals surface area contributed by atoms with Crippen molar-refractivity contribution >= 4 is 11.9 Å². The fourth-order valence-corrected chi connectivity index (χ4v) is 3.57. The summed E-state index contributed by atoms with van der Waals surface area (Å²) in [5, 5.41) is 0. The zero-order valence-electron chi connectivity index (χ0n) is 20.6. The normalized spacial score (nSPS) is 10.9. The Kier molecular flexibility index (Phi) is 24.3. The molecule has 0 aliphatic rings. The van der Waals surface area contributed by atoms with E-state index in [9.17, 15) is 9.59 Å². The minimum atomic E-state index is -0.344. The Labute approximate surface area is 191 Å². The molecule has 0 saturated heterocycles. The Hall–Kier alpha value is -1.10. The fourth-order valence-electron chi connectivity index (χ4n) is 3.57. The minimum Gasteiger partial charge on any atom is -0.463 e. The second-order valence-corrected chi connectivity index (χ2v) is 8.65. The maximum Gasteiger partial charge on any atom is 0.342 e. The molecule has 0 N–H and O–H groups in total. The van der Waals surface area contributed by atoms with Crippen LogP contribution in [-0.2, 0) is 24.1 Å². The molecular weight excluding hydrogens is 392 g/mol. The average Bonchev–Trinajstić information content (AvgIpc) is 2.76. The van der Waals surface area contributed by atoms with Gasteiger partial charge < -0.3 is 4.74 Å². The van der Waals surface area contributed by atoms with Crippen LogP contribution in [0.15, 0.2) is 0 Å². The van der Waals surface area contributed by atoms with Crippen LogP contribution >= 0.6 is 0 Å². The molecule has 0 atom stereocenters. The number of carbonyl (C=O) groups excluding carboxylic acids is 2. The molecular formula is C26H50O5. The molecule has 0 bridgehead atoms. The van der Waals surface area contributed by atoms with Gasteiger partial charge in [0.1, 0.15) is 13.2 Å². The summed E-state index contributed by atoms with van der Waals surface area (Å²) in [6, 6.07) is 0. The third-order valence-electron chi connectivity index (χ3n) is 5.55. The summed E-state index contributed by atoms with van der Waals surface area (Å²) in [5.74, 6) is -0.545. The molecule has 0 aromatic heterocycles. The third-order valence-corrected chi connectivity index (χ3v) is 5.55. The Bertz CT molecular complexity index is 361. The van der Waals surface area contributed by atoms with E-state index in [0.717, 1.165) is 25.7 Å². The van der Waals surface area contributed by atoms with Crippen LogP contribution in [0.2, 0.25) is 0 Å². The van der Waals surface area contributed by atoms with Crippen LogP contribution in [0.25, 0.3) is 0 Å². The van der Waals surface area contributed by atoms with Crippen molar-refractivity contribution in [2.24, 2.45) is 0 Å². The lowest BCUT2D eigenvalue weighted by atomic mass is 10.1. The summed E-state index contributed by atoms with van der Waals surface area (Å²) in [5.41, 5.74) is 0. The smallest absolute Gasteiger partial charge is 0.342 e. The van der Waals surface area contributed by atoms with Crippen LogP contribution < -0.4 is 0 Å². The molecule has 0 rings (SSSR count). The molecule has 184 valence electrons. The summed E-state index contributed by atoms with van der Waals surface area (Å²) in [6.07, 6.45) is 22.8. The van der Waals surface area contributed by atoms with E-state index in [4.69, 9.17) is 14.5 Å². The van der Waals surface area contributed by atoms with Crippen molar-refractivity contribution in [1.82, 2.24) is 0 Å². The molecule has 0 aromatic carbocycles. The molecule has 0 radical (unpaired) electrons. The van der Waals surface area contributed by atoms with Crippen molar-refractivity contribution in [2.45, 2.75) is 142 Å². The molecule has 0 unspecified atom stereocenters. The Morgan fingerprint density at radius 1 is 0.484 bits per heavy atom. The number of carbonyl (C=O) groups is 2. The third kappa shape index (κ3) is 25.0. The van der Waals surface area contributed by atoms with E-state index in [1.807, 2.05) is 0 Å². The standard InChI is InChI=1S/C26H50O5/c1-3-5-7-9-11-13-15-17-19-21-25(27)29-23-24-30-31-26(28)22-20-18-16-14-12-10-8-6-4-2/h3-24H2,1-2H3.